The minimum Gasteiger partial charge on any atom is -0.349 e. The Morgan fingerprint density at radius 1 is 1.36 bits per heavy atom. The smallest absolute Gasteiger partial charge is 0.269 e. The Bertz CT molecular complexity index is 739. The van der Waals surface area contributed by atoms with Crippen LogP contribution in [0.1, 0.15) is 41.6 Å². The predicted octanol–water partition coefficient (Wildman–Crippen LogP) is 1.89. The lowest BCUT2D eigenvalue weighted by Gasteiger charge is -2.30. The average molecular weight is 344 g/mol. The molecule has 0 saturated carbocycles. The van der Waals surface area contributed by atoms with E-state index in [4.69, 9.17) is 0 Å². The Morgan fingerprint density at radius 2 is 2.08 bits per heavy atom. The molecule has 7 heteroatoms. The minimum atomic E-state index is -0.108. The molecular weight excluding hydrogens is 316 g/mol. The molecule has 0 bridgehead atoms. The number of rotatable bonds is 5. The number of nitrogens with zero attached hydrogens (tertiary/aromatic N) is 4. The van der Waals surface area contributed by atoms with Gasteiger partial charge in [0.2, 0.25) is 0 Å². The molecule has 7 nitrogen and oxygen atoms in total. The van der Waals surface area contributed by atoms with Crippen molar-refractivity contribution < 1.29 is 4.79 Å². The van der Waals surface area contributed by atoms with Gasteiger partial charge in [0.1, 0.15) is 5.69 Å². The highest BCUT2D eigenvalue weighted by Gasteiger charge is 2.18. The summed E-state index contributed by atoms with van der Waals surface area (Å²) in [6.07, 6.45) is 2.50. The molecule has 0 unspecified atom stereocenters. The van der Waals surface area contributed by atoms with Gasteiger partial charge in [-0.05, 0) is 51.8 Å². The lowest BCUT2D eigenvalue weighted by atomic mass is 9.99. The Kier molecular flexibility index (Phi) is 5.22. The summed E-state index contributed by atoms with van der Waals surface area (Å²) in [5.41, 5.74) is 4.19. The Balaban J connectivity index is 1.56. The molecule has 0 atom stereocenters. The maximum atomic E-state index is 12.3. The van der Waals surface area contributed by atoms with Crippen molar-refractivity contribution in [1.82, 2.24) is 30.2 Å². The molecule has 1 aliphatic rings. The van der Waals surface area contributed by atoms with E-state index in [1.54, 1.807) is 6.07 Å². The number of aromatic amines is 1. The van der Waals surface area contributed by atoms with Gasteiger partial charge >= 0.3 is 0 Å². The maximum Gasteiger partial charge on any atom is 0.269 e. The number of aryl methyl sites for hydroxylation is 2. The van der Waals surface area contributed by atoms with Gasteiger partial charge in [0.25, 0.3) is 5.91 Å². The third kappa shape index (κ3) is 3.92. The van der Waals surface area contributed by atoms with Gasteiger partial charge in [-0.25, -0.2) is 0 Å². The summed E-state index contributed by atoms with van der Waals surface area (Å²) < 4.78 is 1.83. The van der Waals surface area contributed by atoms with Crippen molar-refractivity contribution in [1.29, 1.82) is 0 Å². The van der Waals surface area contributed by atoms with E-state index in [-0.39, 0.29) is 5.91 Å². The van der Waals surface area contributed by atoms with Crippen LogP contribution in [-0.4, -0.2) is 57.0 Å². The van der Waals surface area contributed by atoms with Crippen LogP contribution < -0.4 is 5.32 Å². The highest BCUT2D eigenvalue weighted by atomic mass is 16.1. The van der Waals surface area contributed by atoms with E-state index in [0.29, 0.717) is 12.2 Å². The van der Waals surface area contributed by atoms with Crippen LogP contribution in [0, 0.1) is 19.8 Å². The van der Waals surface area contributed by atoms with Crippen LogP contribution in [0.3, 0.4) is 0 Å². The molecule has 2 aromatic heterocycles. The van der Waals surface area contributed by atoms with E-state index in [9.17, 15) is 4.79 Å². The quantitative estimate of drug-likeness (QED) is 0.868. The number of aromatic nitrogens is 4. The second-order valence-corrected chi connectivity index (χ2v) is 7.12. The highest BCUT2D eigenvalue weighted by molar-refractivity contribution is 5.93. The molecule has 1 saturated heterocycles. The van der Waals surface area contributed by atoms with Crippen molar-refractivity contribution >= 4 is 5.91 Å². The van der Waals surface area contributed by atoms with Crippen LogP contribution in [0.5, 0.6) is 0 Å². The fraction of sp³-hybridized carbons (Fsp3) is 0.611. The molecule has 2 aromatic rings. The van der Waals surface area contributed by atoms with Crippen LogP contribution in [-0.2, 0) is 7.05 Å². The Hall–Kier alpha value is -2.15. The van der Waals surface area contributed by atoms with E-state index < -0.39 is 0 Å². The van der Waals surface area contributed by atoms with Crippen molar-refractivity contribution in [3.05, 3.63) is 23.1 Å². The van der Waals surface area contributed by atoms with E-state index in [0.717, 1.165) is 48.2 Å². The van der Waals surface area contributed by atoms with E-state index >= 15 is 0 Å². The summed E-state index contributed by atoms with van der Waals surface area (Å²) in [4.78, 5) is 14.8. The summed E-state index contributed by atoms with van der Waals surface area (Å²) >= 11 is 0. The van der Waals surface area contributed by atoms with Crippen LogP contribution >= 0.6 is 0 Å². The van der Waals surface area contributed by atoms with Crippen LogP contribution in [0.4, 0.5) is 0 Å². The topological polar surface area (TPSA) is 78.8 Å². The number of H-pyrrole nitrogens is 1. The van der Waals surface area contributed by atoms with E-state index in [1.807, 2.05) is 25.6 Å². The summed E-state index contributed by atoms with van der Waals surface area (Å²) in [5, 5.41) is 14.5. The van der Waals surface area contributed by atoms with Crippen LogP contribution in [0.15, 0.2) is 6.07 Å². The summed E-state index contributed by atoms with van der Waals surface area (Å²) in [7, 11) is 1.91. The number of piperidine rings is 1. The summed E-state index contributed by atoms with van der Waals surface area (Å²) in [6, 6.07) is 1.80. The first-order chi connectivity index (χ1) is 12.0. The number of carbonyl (C=O) groups excluding carboxylic acids is 1. The lowest BCUT2D eigenvalue weighted by Crippen LogP contribution is -2.39. The van der Waals surface area contributed by atoms with Gasteiger partial charge < -0.3 is 10.2 Å². The third-order valence-electron chi connectivity index (χ3n) is 5.18. The third-order valence-corrected chi connectivity index (χ3v) is 5.18. The van der Waals surface area contributed by atoms with Crippen molar-refractivity contribution in [3.8, 4) is 11.3 Å². The number of nitrogens with one attached hydrogen (secondary N) is 2. The Morgan fingerprint density at radius 3 is 2.72 bits per heavy atom. The second kappa shape index (κ2) is 7.39. The van der Waals surface area contributed by atoms with Gasteiger partial charge in [0.05, 0.1) is 11.4 Å². The van der Waals surface area contributed by atoms with E-state index in [2.05, 4.69) is 32.4 Å². The first kappa shape index (κ1) is 17.7. The number of hydrogen-bond acceptors (Lipinski definition) is 4. The zero-order valence-electron chi connectivity index (χ0n) is 15.6. The maximum absolute atomic E-state index is 12.3. The van der Waals surface area contributed by atoms with Gasteiger partial charge in [-0.1, -0.05) is 6.92 Å². The summed E-state index contributed by atoms with van der Waals surface area (Å²) in [6.45, 7) is 10.1. The molecule has 0 spiro atoms. The largest absolute Gasteiger partial charge is 0.349 e. The minimum absolute atomic E-state index is 0.108. The molecule has 1 amide bonds. The fourth-order valence-corrected chi connectivity index (χ4v) is 3.42. The average Bonchev–Trinajstić information content (AvgIpc) is 3.14. The highest BCUT2D eigenvalue weighted by Crippen LogP contribution is 2.25. The number of amides is 1. The van der Waals surface area contributed by atoms with Gasteiger partial charge in [-0.15, -0.1) is 0 Å². The predicted molar refractivity (Wildman–Crippen MR) is 97.4 cm³/mol. The van der Waals surface area contributed by atoms with Crippen LogP contribution in [0.2, 0.25) is 0 Å². The zero-order valence-corrected chi connectivity index (χ0v) is 15.6. The molecule has 1 aliphatic heterocycles. The fourth-order valence-electron chi connectivity index (χ4n) is 3.42. The molecule has 136 valence electrons. The number of likely N-dealkylation sites (tertiary alicyclic amines) is 1. The van der Waals surface area contributed by atoms with Gasteiger partial charge in [0, 0.05) is 31.4 Å². The first-order valence-corrected chi connectivity index (χ1v) is 9.02. The molecular formula is C18H28N6O. The van der Waals surface area contributed by atoms with Crippen molar-refractivity contribution in [2.75, 3.05) is 26.2 Å². The van der Waals surface area contributed by atoms with Crippen molar-refractivity contribution in [2.45, 2.75) is 33.6 Å². The molecule has 25 heavy (non-hydrogen) atoms. The molecule has 3 rings (SSSR count). The van der Waals surface area contributed by atoms with Gasteiger partial charge in [-0.3, -0.25) is 14.6 Å². The number of hydrogen-bond donors (Lipinski definition) is 2. The van der Waals surface area contributed by atoms with Gasteiger partial charge in [-0.2, -0.15) is 10.2 Å². The molecule has 0 radical (unpaired) electrons. The SMILES string of the molecule is Cc1nn(C)c(C)c1-c1cc(C(=O)NCCN2CCC(C)CC2)[nH]n1. The monoisotopic (exact) mass is 344 g/mol. The first-order valence-electron chi connectivity index (χ1n) is 9.02. The van der Waals surface area contributed by atoms with Crippen LogP contribution in [0.25, 0.3) is 11.3 Å². The molecule has 1 fully saturated rings. The molecule has 2 N–H and O–H groups in total. The zero-order chi connectivity index (χ0) is 18.0. The summed E-state index contributed by atoms with van der Waals surface area (Å²) in [5.74, 6) is 0.719. The standard InChI is InChI=1S/C18H28N6O/c1-12-5-8-24(9-6-12)10-7-19-18(25)16-11-15(20-21-16)17-13(2)22-23(4)14(17)3/h11-12H,5-10H2,1-4H3,(H,19,25)(H,20,21). The molecule has 0 aromatic carbocycles. The molecule has 0 aliphatic carbocycles. The van der Waals surface area contributed by atoms with Crippen molar-refractivity contribution in [3.63, 3.8) is 0 Å². The van der Waals surface area contributed by atoms with E-state index in [1.165, 1.54) is 12.8 Å². The normalized spacial score (nSPS) is 16.3. The lowest BCUT2D eigenvalue weighted by molar-refractivity contribution is 0.0939. The van der Waals surface area contributed by atoms with Gasteiger partial charge in [0.15, 0.2) is 0 Å². The second-order valence-electron chi connectivity index (χ2n) is 7.12. The number of carbonyl (C=O) groups is 1. The van der Waals surface area contributed by atoms with Crippen molar-refractivity contribution in [2.24, 2.45) is 13.0 Å². The Labute approximate surface area is 148 Å². The molecule has 3 heterocycles.